The number of piperidine rings is 1. The van der Waals surface area contributed by atoms with E-state index in [1.54, 1.807) is 6.92 Å². The molecule has 1 aliphatic heterocycles. The monoisotopic (exact) mass is 228 g/mol. The number of rotatable bonds is 4. The maximum absolute atomic E-state index is 11.4. The van der Waals surface area contributed by atoms with E-state index >= 15 is 0 Å². The molecule has 1 amide bonds. The van der Waals surface area contributed by atoms with Gasteiger partial charge in [0, 0.05) is 38.6 Å². The smallest absolute Gasteiger partial charge is 0.219 e. The van der Waals surface area contributed by atoms with E-state index in [-0.39, 0.29) is 12.5 Å². The van der Waals surface area contributed by atoms with Gasteiger partial charge in [0.25, 0.3) is 0 Å². The molecule has 0 aliphatic carbocycles. The van der Waals surface area contributed by atoms with Gasteiger partial charge in [0.05, 0.1) is 6.61 Å². The van der Waals surface area contributed by atoms with Crippen LogP contribution in [-0.2, 0) is 4.79 Å². The van der Waals surface area contributed by atoms with Gasteiger partial charge in [0.2, 0.25) is 5.91 Å². The van der Waals surface area contributed by atoms with Gasteiger partial charge in [0.15, 0.2) is 0 Å². The second kappa shape index (κ2) is 6.21. The summed E-state index contributed by atoms with van der Waals surface area (Å²) in [5.41, 5.74) is 0. The van der Waals surface area contributed by atoms with E-state index in [2.05, 4.69) is 18.7 Å². The van der Waals surface area contributed by atoms with E-state index in [0.29, 0.717) is 18.6 Å². The molecule has 1 rings (SSSR count). The van der Waals surface area contributed by atoms with Gasteiger partial charge in [-0.3, -0.25) is 9.69 Å². The molecule has 0 aromatic rings. The van der Waals surface area contributed by atoms with Crippen molar-refractivity contribution in [2.24, 2.45) is 0 Å². The third-order valence-corrected chi connectivity index (χ3v) is 3.33. The van der Waals surface area contributed by atoms with Crippen molar-refractivity contribution in [2.45, 2.75) is 45.7 Å². The minimum atomic E-state index is 0.164. The summed E-state index contributed by atoms with van der Waals surface area (Å²) in [7, 11) is 0. The van der Waals surface area contributed by atoms with E-state index in [9.17, 15) is 4.79 Å². The number of aliphatic hydroxyl groups excluding tert-OH is 1. The second-order valence-electron chi connectivity index (χ2n) is 4.82. The van der Waals surface area contributed by atoms with Crippen LogP contribution in [0.4, 0.5) is 0 Å². The highest BCUT2D eigenvalue weighted by Gasteiger charge is 2.27. The number of hydrogen-bond acceptors (Lipinski definition) is 3. The minimum Gasteiger partial charge on any atom is -0.395 e. The zero-order valence-electron chi connectivity index (χ0n) is 10.6. The fourth-order valence-corrected chi connectivity index (χ4v) is 2.49. The number of amides is 1. The number of likely N-dealkylation sites (tertiary alicyclic amines) is 1. The molecular weight excluding hydrogens is 204 g/mol. The standard InChI is InChI=1S/C12H24N2O2/c1-10(2)14(7-8-15)12-5-4-6-13(9-12)11(3)16/h10,12,15H,4-9H2,1-3H3/t12-/m1/s1. The molecule has 0 aromatic heterocycles. The normalized spacial score (nSPS) is 21.9. The van der Waals surface area contributed by atoms with Crippen molar-refractivity contribution in [3.63, 3.8) is 0 Å². The van der Waals surface area contributed by atoms with Crippen LogP contribution >= 0.6 is 0 Å². The third-order valence-electron chi connectivity index (χ3n) is 3.33. The Balaban J connectivity index is 2.59. The van der Waals surface area contributed by atoms with Gasteiger partial charge in [-0.25, -0.2) is 0 Å². The molecule has 0 radical (unpaired) electrons. The number of hydrogen-bond donors (Lipinski definition) is 1. The lowest BCUT2D eigenvalue weighted by Gasteiger charge is -2.40. The highest BCUT2D eigenvalue weighted by Crippen LogP contribution is 2.17. The van der Waals surface area contributed by atoms with Gasteiger partial charge >= 0.3 is 0 Å². The van der Waals surface area contributed by atoms with Gasteiger partial charge in [-0.2, -0.15) is 0 Å². The number of carbonyl (C=O) groups excluding carboxylic acids is 1. The molecule has 0 unspecified atom stereocenters. The molecule has 1 N–H and O–H groups in total. The highest BCUT2D eigenvalue weighted by molar-refractivity contribution is 5.73. The first-order valence-electron chi connectivity index (χ1n) is 6.18. The Morgan fingerprint density at radius 1 is 1.56 bits per heavy atom. The topological polar surface area (TPSA) is 43.8 Å². The van der Waals surface area contributed by atoms with Crippen molar-refractivity contribution in [3.05, 3.63) is 0 Å². The summed E-state index contributed by atoms with van der Waals surface area (Å²) < 4.78 is 0. The van der Waals surface area contributed by atoms with E-state index in [4.69, 9.17) is 5.11 Å². The van der Waals surface area contributed by atoms with Crippen LogP contribution in [0.2, 0.25) is 0 Å². The molecule has 4 nitrogen and oxygen atoms in total. The van der Waals surface area contributed by atoms with Gasteiger partial charge in [-0.1, -0.05) is 0 Å². The lowest BCUT2D eigenvalue weighted by molar-refractivity contribution is -0.131. The zero-order chi connectivity index (χ0) is 12.1. The summed E-state index contributed by atoms with van der Waals surface area (Å²) in [5.74, 6) is 0.164. The molecule has 1 fully saturated rings. The van der Waals surface area contributed by atoms with Crippen LogP contribution in [0.1, 0.15) is 33.6 Å². The summed E-state index contributed by atoms with van der Waals surface area (Å²) in [4.78, 5) is 15.6. The first kappa shape index (κ1) is 13.5. The Bertz CT molecular complexity index is 231. The van der Waals surface area contributed by atoms with Crippen molar-refractivity contribution in [1.82, 2.24) is 9.80 Å². The van der Waals surface area contributed by atoms with Gasteiger partial charge in [-0.15, -0.1) is 0 Å². The number of nitrogens with zero attached hydrogens (tertiary/aromatic N) is 2. The van der Waals surface area contributed by atoms with Crippen LogP contribution in [0, 0.1) is 0 Å². The van der Waals surface area contributed by atoms with E-state index in [1.807, 2.05) is 4.90 Å². The Kier molecular flexibility index (Phi) is 5.22. The summed E-state index contributed by atoms with van der Waals surface area (Å²) in [5, 5.41) is 9.07. The predicted octanol–water partition coefficient (Wildman–Crippen LogP) is 0.700. The average Bonchev–Trinajstić information content (AvgIpc) is 2.25. The lowest BCUT2D eigenvalue weighted by atomic mass is 10.0. The fourth-order valence-electron chi connectivity index (χ4n) is 2.49. The Labute approximate surface area is 98.2 Å². The molecule has 4 heteroatoms. The fraction of sp³-hybridized carbons (Fsp3) is 0.917. The van der Waals surface area contributed by atoms with Crippen LogP contribution < -0.4 is 0 Å². The molecular formula is C12H24N2O2. The minimum absolute atomic E-state index is 0.164. The summed E-state index contributed by atoms with van der Waals surface area (Å²) >= 11 is 0. The van der Waals surface area contributed by atoms with Crippen LogP contribution in [0.5, 0.6) is 0 Å². The maximum atomic E-state index is 11.4. The maximum Gasteiger partial charge on any atom is 0.219 e. The Hall–Kier alpha value is -0.610. The van der Waals surface area contributed by atoms with E-state index in [0.717, 1.165) is 25.9 Å². The molecule has 0 aromatic carbocycles. The SMILES string of the molecule is CC(=O)N1CCC[C@@H](N(CCO)C(C)C)C1. The Morgan fingerprint density at radius 2 is 2.25 bits per heavy atom. The average molecular weight is 228 g/mol. The second-order valence-corrected chi connectivity index (χ2v) is 4.82. The van der Waals surface area contributed by atoms with Gasteiger partial charge < -0.3 is 10.0 Å². The molecule has 0 spiro atoms. The molecule has 0 saturated carbocycles. The molecule has 94 valence electrons. The van der Waals surface area contributed by atoms with Crippen LogP contribution in [0.3, 0.4) is 0 Å². The van der Waals surface area contributed by atoms with E-state index < -0.39 is 0 Å². The predicted molar refractivity (Wildman–Crippen MR) is 64.2 cm³/mol. The quantitative estimate of drug-likeness (QED) is 0.770. The van der Waals surface area contributed by atoms with Crippen molar-refractivity contribution < 1.29 is 9.90 Å². The number of carbonyl (C=O) groups is 1. The van der Waals surface area contributed by atoms with Gasteiger partial charge in [-0.05, 0) is 26.7 Å². The molecule has 1 aliphatic rings. The number of aliphatic hydroxyl groups is 1. The van der Waals surface area contributed by atoms with Gasteiger partial charge in [0.1, 0.15) is 0 Å². The molecule has 16 heavy (non-hydrogen) atoms. The van der Waals surface area contributed by atoms with Crippen LogP contribution in [0.25, 0.3) is 0 Å². The summed E-state index contributed by atoms with van der Waals surface area (Å²) in [6, 6.07) is 0.828. The molecule has 1 atom stereocenters. The van der Waals surface area contributed by atoms with Crippen molar-refractivity contribution in [1.29, 1.82) is 0 Å². The first-order valence-corrected chi connectivity index (χ1v) is 6.18. The first-order chi connectivity index (χ1) is 7.56. The zero-order valence-corrected chi connectivity index (χ0v) is 10.6. The lowest BCUT2D eigenvalue weighted by Crippen LogP contribution is -2.52. The summed E-state index contributed by atoms with van der Waals surface area (Å²) in [6.07, 6.45) is 2.20. The van der Waals surface area contributed by atoms with E-state index in [1.165, 1.54) is 0 Å². The van der Waals surface area contributed by atoms with Crippen LogP contribution in [-0.4, -0.2) is 59.1 Å². The molecule has 0 bridgehead atoms. The Morgan fingerprint density at radius 3 is 2.75 bits per heavy atom. The highest BCUT2D eigenvalue weighted by atomic mass is 16.3. The third kappa shape index (κ3) is 3.46. The molecule has 1 heterocycles. The van der Waals surface area contributed by atoms with Crippen LogP contribution in [0.15, 0.2) is 0 Å². The summed E-state index contributed by atoms with van der Waals surface area (Å²) in [6.45, 7) is 8.51. The largest absolute Gasteiger partial charge is 0.395 e. The van der Waals surface area contributed by atoms with Crippen molar-refractivity contribution >= 4 is 5.91 Å². The van der Waals surface area contributed by atoms with Crippen molar-refractivity contribution in [2.75, 3.05) is 26.2 Å². The molecule has 1 saturated heterocycles. The van der Waals surface area contributed by atoms with Crippen molar-refractivity contribution in [3.8, 4) is 0 Å².